The van der Waals surface area contributed by atoms with Crippen molar-refractivity contribution in [2.45, 2.75) is 25.5 Å². The van der Waals surface area contributed by atoms with E-state index in [4.69, 9.17) is 0 Å². The number of pyridine rings is 1. The first-order valence-corrected chi connectivity index (χ1v) is 11.6. The summed E-state index contributed by atoms with van der Waals surface area (Å²) in [5.41, 5.74) is 1.52. The Bertz CT molecular complexity index is 941. The van der Waals surface area contributed by atoms with Gasteiger partial charge in [0.2, 0.25) is 5.95 Å². The minimum atomic E-state index is -0.113. The monoisotopic (exact) mass is 429 g/mol. The number of aryl methyl sites for hydroxylation is 1. The molecule has 29 heavy (non-hydrogen) atoms. The van der Waals surface area contributed by atoms with Crippen LogP contribution in [0.1, 0.15) is 33.1 Å². The number of aromatic nitrogens is 3. The molecule has 0 saturated carbocycles. The van der Waals surface area contributed by atoms with Gasteiger partial charge in [0.25, 0.3) is 5.56 Å². The Morgan fingerprint density at radius 1 is 1.28 bits per heavy atom. The summed E-state index contributed by atoms with van der Waals surface area (Å²) in [4.78, 5) is 26.3. The molecule has 0 amide bonds. The van der Waals surface area contributed by atoms with E-state index in [2.05, 4.69) is 51.6 Å². The standard InChI is InChI=1S/C21H27N5OS2/c1-3-22-14-19(18-7-6-15(2)29-18)28-10-9-24-21-25-13-17(20(27)26-21)11-16-5-4-8-23-12-16/h4-8,12-13,19,22H,3,9-11,14H2,1-2H3,(H2,24,25,26,27). The molecule has 3 N–H and O–H groups in total. The molecule has 6 nitrogen and oxygen atoms in total. The topological polar surface area (TPSA) is 82.7 Å². The normalized spacial score (nSPS) is 12.1. The predicted molar refractivity (Wildman–Crippen MR) is 123 cm³/mol. The van der Waals surface area contributed by atoms with Gasteiger partial charge in [0.05, 0.1) is 5.25 Å². The number of likely N-dealkylation sites (N-methyl/N-ethyl adjacent to an activating group) is 1. The highest BCUT2D eigenvalue weighted by atomic mass is 32.2. The smallest absolute Gasteiger partial charge is 0.255 e. The second-order valence-corrected chi connectivity index (χ2v) is 9.30. The van der Waals surface area contributed by atoms with Crippen molar-refractivity contribution in [1.29, 1.82) is 0 Å². The first-order chi connectivity index (χ1) is 14.2. The molecular formula is C21H27N5OS2. The number of hydrogen-bond acceptors (Lipinski definition) is 7. The summed E-state index contributed by atoms with van der Waals surface area (Å²) in [7, 11) is 0. The molecule has 3 aromatic rings. The van der Waals surface area contributed by atoms with E-state index in [1.54, 1.807) is 18.6 Å². The number of anilines is 1. The Kier molecular flexibility index (Phi) is 8.27. The van der Waals surface area contributed by atoms with E-state index in [9.17, 15) is 4.79 Å². The molecule has 0 bridgehead atoms. The zero-order valence-electron chi connectivity index (χ0n) is 16.8. The Balaban J connectivity index is 1.50. The van der Waals surface area contributed by atoms with Crippen molar-refractivity contribution in [3.05, 3.63) is 74.1 Å². The van der Waals surface area contributed by atoms with Crippen LogP contribution in [-0.4, -0.2) is 40.3 Å². The van der Waals surface area contributed by atoms with Crippen molar-refractivity contribution in [1.82, 2.24) is 20.3 Å². The van der Waals surface area contributed by atoms with E-state index < -0.39 is 0 Å². The lowest BCUT2D eigenvalue weighted by Gasteiger charge is -2.16. The summed E-state index contributed by atoms with van der Waals surface area (Å²) in [6, 6.07) is 8.22. The number of hydrogen-bond donors (Lipinski definition) is 3. The van der Waals surface area contributed by atoms with Gasteiger partial charge >= 0.3 is 0 Å². The lowest BCUT2D eigenvalue weighted by molar-refractivity contribution is 0.712. The summed E-state index contributed by atoms with van der Waals surface area (Å²) < 4.78 is 0. The van der Waals surface area contributed by atoms with E-state index in [-0.39, 0.29) is 5.56 Å². The minimum absolute atomic E-state index is 0.113. The van der Waals surface area contributed by atoms with Crippen molar-refractivity contribution in [2.24, 2.45) is 0 Å². The van der Waals surface area contributed by atoms with E-state index in [0.29, 0.717) is 23.2 Å². The summed E-state index contributed by atoms with van der Waals surface area (Å²) >= 11 is 3.77. The van der Waals surface area contributed by atoms with Crippen LogP contribution >= 0.6 is 23.1 Å². The highest BCUT2D eigenvalue weighted by Gasteiger charge is 2.13. The van der Waals surface area contributed by atoms with Crippen LogP contribution in [0.2, 0.25) is 0 Å². The molecule has 8 heteroatoms. The highest BCUT2D eigenvalue weighted by Crippen LogP contribution is 2.33. The molecule has 3 aromatic heterocycles. The molecule has 3 heterocycles. The van der Waals surface area contributed by atoms with E-state index in [1.807, 2.05) is 35.2 Å². The van der Waals surface area contributed by atoms with Crippen LogP contribution in [0, 0.1) is 6.92 Å². The fraction of sp³-hybridized carbons (Fsp3) is 0.381. The molecule has 0 radical (unpaired) electrons. The predicted octanol–water partition coefficient (Wildman–Crippen LogP) is 3.62. The maximum Gasteiger partial charge on any atom is 0.255 e. The van der Waals surface area contributed by atoms with Gasteiger partial charge in [-0.1, -0.05) is 13.0 Å². The minimum Gasteiger partial charge on any atom is -0.355 e. The summed E-state index contributed by atoms with van der Waals surface area (Å²) in [6.07, 6.45) is 5.66. The van der Waals surface area contributed by atoms with Crippen LogP contribution < -0.4 is 16.2 Å². The number of rotatable bonds is 11. The third-order valence-electron chi connectivity index (χ3n) is 4.36. The lowest BCUT2D eigenvalue weighted by Crippen LogP contribution is -2.20. The first kappa shape index (κ1) is 21.5. The third kappa shape index (κ3) is 6.69. The average Bonchev–Trinajstić information content (AvgIpc) is 3.16. The molecule has 0 saturated heterocycles. The second-order valence-electron chi connectivity index (χ2n) is 6.67. The average molecular weight is 430 g/mol. The highest BCUT2D eigenvalue weighted by molar-refractivity contribution is 7.99. The zero-order chi connectivity index (χ0) is 20.5. The van der Waals surface area contributed by atoms with Crippen LogP contribution in [0.5, 0.6) is 0 Å². The maximum atomic E-state index is 12.3. The molecule has 0 spiro atoms. The number of H-pyrrole nitrogens is 1. The molecule has 0 fully saturated rings. The first-order valence-electron chi connectivity index (χ1n) is 9.75. The summed E-state index contributed by atoms with van der Waals surface area (Å²) in [5.74, 6) is 1.44. The maximum absolute atomic E-state index is 12.3. The number of nitrogens with one attached hydrogen (secondary N) is 3. The van der Waals surface area contributed by atoms with Crippen molar-refractivity contribution in [3.63, 3.8) is 0 Å². The molecule has 1 atom stereocenters. The largest absolute Gasteiger partial charge is 0.355 e. The zero-order valence-corrected chi connectivity index (χ0v) is 18.4. The Morgan fingerprint density at radius 3 is 2.86 bits per heavy atom. The lowest BCUT2D eigenvalue weighted by atomic mass is 10.1. The van der Waals surface area contributed by atoms with Crippen LogP contribution in [0.15, 0.2) is 47.7 Å². The summed E-state index contributed by atoms with van der Waals surface area (Å²) in [5, 5.41) is 7.11. The number of nitrogens with zero attached hydrogens (tertiary/aromatic N) is 2. The SMILES string of the molecule is CCNCC(SCCNc1ncc(Cc2cccnc2)c(=O)[nH]1)c1ccc(C)s1. The van der Waals surface area contributed by atoms with Gasteiger partial charge in [0.1, 0.15) is 0 Å². The third-order valence-corrected chi connectivity index (χ3v) is 6.89. The van der Waals surface area contributed by atoms with Gasteiger partial charge in [0.15, 0.2) is 0 Å². The molecule has 3 rings (SSSR count). The van der Waals surface area contributed by atoms with Gasteiger partial charge in [0, 0.05) is 59.2 Å². The molecular weight excluding hydrogens is 402 g/mol. The van der Waals surface area contributed by atoms with Gasteiger partial charge in [-0.3, -0.25) is 14.8 Å². The van der Waals surface area contributed by atoms with Crippen molar-refractivity contribution in [3.8, 4) is 0 Å². The van der Waals surface area contributed by atoms with Crippen LogP contribution in [0.3, 0.4) is 0 Å². The van der Waals surface area contributed by atoms with E-state index >= 15 is 0 Å². The fourth-order valence-corrected chi connectivity index (χ4v) is 5.06. The van der Waals surface area contributed by atoms with Crippen LogP contribution in [0.4, 0.5) is 5.95 Å². The Hall–Kier alpha value is -2.16. The van der Waals surface area contributed by atoms with Gasteiger partial charge in [-0.15, -0.1) is 23.1 Å². The van der Waals surface area contributed by atoms with Crippen molar-refractivity contribution >= 4 is 29.0 Å². The van der Waals surface area contributed by atoms with Crippen LogP contribution in [-0.2, 0) is 6.42 Å². The molecule has 1 unspecified atom stereocenters. The van der Waals surface area contributed by atoms with E-state index in [0.717, 1.165) is 31.0 Å². The van der Waals surface area contributed by atoms with Gasteiger partial charge in [-0.25, -0.2) is 4.98 Å². The molecule has 0 aliphatic rings. The van der Waals surface area contributed by atoms with Crippen molar-refractivity contribution < 1.29 is 0 Å². The second kappa shape index (κ2) is 11.1. The quantitative estimate of drug-likeness (QED) is 0.404. The molecule has 154 valence electrons. The van der Waals surface area contributed by atoms with Gasteiger partial charge < -0.3 is 10.6 Å². The molecule has 0 aromatic carbocycles. The van der Waals surface area contributed by atoms with Gasteiger partial charge in [-0.05, 0) is 37.2 Å². The molecule has 0 aliphatic heterocycles. The summed E-state index contributed by atoms with van der Waals surface area (Å²) in [6.45, 7) is 6.94. The Labute approximate surface area is 179 Å². The number of aromatic amines is 1. The van der Waals surface area contributed by atoms with E-state index in [1.165, 1.54) is 9.75 Å². The number of thioether (sulfide) groups is 1. The van der Waals surface area contributed by atoms with Crippen LogP contribution in [0.25, 0.3) is 0 Å². The van der Waals surface area contributed by atoms with Crippen molar-refractivity contribution in [2.75, 3.05) is 30.7 Å². The molecule has 0 aliphatic carbocycles. The fourth-order valence-electron chi connectivity index (χ4n) is 2.87. The van der Waals surface area contributed by atoms with Gasteiger partial charge in [-0.2, -0.15) is 0 Å². The number of thiophene rings is 1. The Morgan fingerprint density at radius 2 is 2.17 bits per heavy atom.